The van der Waals surface area contributed by atoms with Crippen molar-refractivity contribution in [2.24, 2.45) is 0 Å². The van der Waals surface area contributed by atoms with E-state index in [0.29, 0.717) is 10.6 Å². The molecule has 2 N–H and O–H groups in total. The first kappa shape index (κ1) is 12.7. The summed E-state index contributed by atoms with van der Waals surface area (Å²) in [5, 5.41) is 10.9. The van der Waals surface area contributed by atoms with Crippen LogP contribution in [-0.4, -0.2) is 10.1 Å². The SMILES string of the molecule is Cc1c[nH]c(C(O)c2ccc(Br)cc2Cl)c1C. The van der Waals surface area contributed by atoms with Crippen molar-refractivity contribution in [1.82, 2.24) is 4.98 Å². The number of hydrogen-bond donors (Lipinski definition) is 2. The van der Waals surface area contributed by atoms with Crippen molar-refractivity contribution in [3.8, 4) is 0 Å². The molecule has 0 spiro atoms. The molecular formula is C13H13BrClNO. The monoisotopic (exact) mass is 313 g/mol. The molecule has 2 aromatic rings. The number of halogens is 2. The number of H-pyrrole nitrogens is 1. The number of aliphatic hydroxyl groups excluding tert-OH is 1. The van der Waals surface area contributed by atoms with Crippen LogP contribution in [0, 0.1) is 13.8 Å². The predicted molar refractivity (Wildman–Crippen MR) is 73.5 cm³/mol. The van der Waals surface area contributed by atoms with Crippen molar-refractivity contribution in [3.63, 3.8) is 0 Å². The largest absolute Gasteiger partial charge is 0.382 e. The fraction of sp³-hybridized carbons (Fsp3) is 0.231. The van der Waals surface area contributed by atoms with Crippen LogP contribution in [0.3, 0.4) is 0 Å². The molecule has 0 aliphatic heterocycles. The predicted octanol–water partition coefficient (Wildman–Crippen LogP) is 4.13. The van der Waals surface area contributed by atoms with E-state index in [4.69, 9.17) is 11.6 Å². The van der Waals surface area contributed by atoms with Crippen molar-refractivity contribution in [3.05, 3.63) is 56.3 Å². The average molecular weight is 315 g/mol. The van der Waals surface area contributed by atoms with E-state index in [1.807, 2.05) is 32.2 Å². The number of nitrogens with one attached hydrogen (secondary N) is 1. The molecule has 2 nitrogen and oxygen atoms in total. The lowest BCUT2D eigenvalue weighted by Gasteiger charge is -2.13. The fourth-order valence-corrected chi connectivity index (χ4v) is 2.55. The summed E-state index contributed by atoms with van der Waals surface area (Å²) < 4.78 is 0.901. The fourth-order valence-electron chi connectivity index (χ4n) is 1.78. The molecule has 0 aliphatic rings. The highest BCUT2D eigenvalue weighted by Crippen LogP contribution is 2.31. The summed E-state index contributed by atoms with van der Waals surface area (Å²) in [4.78, 5) is 3.09. The Balaban J connectivity index is 2.43. The molecule has 1 aromatic heterocycles. The molecular weight excluding hydrogens is 302 g/mol. The molecule has 0 bridgehead atoms. The maximum atomic E-state index is 10.3. The molecule has 0 saturated carbocycles. The van der Waals surface area contributed by atoms with Gasteiger partial charge in [0.05, 0.1) is 5.69 Å². The average Bonchev–Trinajstić information content (AvgIpc) is 2.59. The zero-order chi connectivity index (χ0) is 12.6. The topological polar surface area (TPSA) is 36.0 Å². The molecule has 2 rings (SSSR count). The quantitative estimate of drug-likeness (QED) is 0.859. The molecule has 0 fully saturated rings. The minimum Gasteiger partial charge on any atom is -0.382 e. The van der Waals surface area contributed by atoms with Gasteiger partial charge in [-0.15, -0.1) is 0 Å². The third-order valence-electron chi connectivity index (χ3n) is 2.97. The highest BCUT2D eigenvalue weighted by molar-refractivity contribution is 9.10. The summed E-state index contributed by atoms with van der Waals surface area (Å²) in [6, 6.07) is 5.48. The van der Waals surface area contributed by atoms with E-state index in [1.165, 1.54) is 0 Å². The van der Waals surface area contributed by atoms with Crippen molar-refractivity contribution >= 4 is 27.5 Å². The van der Waals surface area contributed by atoms with Crippen LogP contribution in [0.2, 0.25) is 5.02 Å². The van der Waals surface area contributed by atoms with Crippen molar-refractivity contribution in [2.75, 3.05) is 0 Å². The number of aliphatic hydroxyl groups is 1. The second-order valence-corrected chi connectivity index (χ2v) is 5.40. The van der Waals surface area contributed by atoms with Crippen molar-refractivity contribution in [1.29, 1.82) is 0 Å². The van der Waals surface area contributed by atoms with E-state index in [0.717, 1.165) is 21.3 Å². The Morgan fingerprint density at radius 2 is 2.06 bits per heavy atom. The van der Waals surface area contributed by atoms with Gasteiger partial charge >= 0.3 is 0 Å². The standard InChI is InChI=1S/C13H13BrClNO/c1-7-6-16-12(8(7)2)13(17)10-4-3-9(14)5-11(10)15/h3-6,13,16-17H,1-2H3. The van der Waals surface area contributed by atoms with Gasteiger partial charge in [0.25, 0.3) is 0 Å². The zero-order valence-corrected chi connectivity index (χ0v) is 11.9. The van der Waals surface area contributed by atoms with Crippen molar-refractivity contribution in [2.45, 2.75) is 20.0 Å². The van der Waals surface area contributed by atoms with Gasteiger partial charge in [0, 0.05) is 21.3 Å². The molecule has 17 heavy (non-hydrogen) atoms. The van der Waals surface area contributed by atoms with Crippen LogP contribution in [0.1, 0.15) is 28.5 Å². The summed E-state index contributed by atoms with van der Waals surface area (Å²) in [6.45, 7) is 3.99. The lowest BCUT2D eigenvalue weighted by atomic mass is 10.0. The Morgan fingerprint density at radius 3 is 2.59 bits per heavy atom. The van der Waals surface area contributed by atoms with Crippen molar-refractivity contribution < 1.29 is 5.11 Å². The van der Waals surface area contributed by atoms with Gasteiger partial charge in [-0.2, -0.15) is 0 Å². The summed E-state index contributed by atoms with van der Waals surface area (Å²) >= 11 is 9.48. The molecule has 0 saturated heterocycles. The number of aromatic nitrogens is 1. The number of rotatable bonds is 2. The van der Waals surface area contributed by atoms with Crippen LogP contribution < -0.4 is 0 Å². The van der Waals surface area contributed by atoms with E-state index in [-0.39, 0.29) is 0 Å². The number of hydrogen-bond acceptors (Lipinski definition) is 1. The molecule has 1 heterocycles. The van der Waals surface area contributed by atoms with E-state index < -0.39 is 6.10 Å². The molecule has 4 heteroatoms. The first-order valence-electron chi connectivity index (χ1n) is 5.28. The highest BCUT2D eigenvalue weighted by Gasteiger charge is 2.18. The van der Waals surface area contributed by atoms with Gasteiger partial charge in [-0.1, -0.05) is 33.6 Å². The van der Waals surface area contributed by atoms with Gasteiger partial charge in [-0.05, 0) is 37.1 Å². The molecule has 0 aliphatic carbocycles. The molecule has 90 valence electrons. The van der Waals surface area contributed by atoms with Crippen LogP contribution in [0.25, 0.3) is 0 Å². The number of aryl methyl sites for hydroxylation is 1. The van der Waals surface area contributed by atoms with Crippen LogP contribution in [0.4, 0.5) is 0 Å². The van der Waals surface area contributed by atoms with Gasteiger partial charge in [0.2, 0.25) is 0 Å². The Bertz CT molecular complexity index is 550. The minimum absolute atomic E-state index is 0.554. The summed E-state index contributed by atoms with van der Waals surface area (Å²) in [5.41, 5.74) is 3.70. The molecule has 1 aromatic carbocycles. The van der Waals surface area contributed by atoms with Gasteiger partial charge in [-0.25, -0.2) is 0 Å². The van der Waals surface area contributed by atoms with E-state index in [9.17, 15) is 5.11 Å². The van der Waals surface area contributed by atoms with Crippen LogP contribution in [0.5, 0.6) is 0 Å². The third kappa shape index (κ3) is 2.41. The second-order valence-electron chi connectivity index (χ2n) is 4.08. The Hall–Kier alpha value is -0.770. The van der Waals surface area contributed by atoms with Gasteiger partial charge in [0.15, 0.2) is 0 Å². The molecule has 1 atom stereocenters. The zero-order valence-electron chi connectivity index (χ0n) is 9.59. The maximum absolute atomic E-state index is 10.3. The Morgan fingerprint density at radius 1 is 1.35 bits per heavy atom. The first-order chi connectivity index (χ1) is 8.00. The summed E-state index contributed by atoms with van der Waals surface area (Å²) in [5.74, 6) is 0. The maximum Gasteiger partial charge on any atom is 0.120 e. The minimum atomic E-state index is -0.718. The Kier molecular flexibility index (Phi) is 3.61. The highest BCUT2D eigenvalue weighted by atomic mass is 79.9. The van der Waals surface area contributed by atoms with Crippen LogP contribution in [0.15, 0.2) is 28.9 Å². The Labute approximate surface area is 114 Å². The number of aromatic amines is 1. The summed E-state index contributed by atoms with van der Waals surface area (Å²) in [7, 11) is 0. The second kappa shape index (κ2) is 4.84. The molecule has 0 amide bonds. The van der Waals surface area contributed by atoms with Gasteiger partial charge in [-0.3, -0.25) is 0 Å². The van der Waals surface area contributed by atoms with E-state index >= 15 is 0 Å². The van der Waals surface area contributed by atoms with Gasteiger partial charge in [0.1, 0.15) is 6.10 Å². The smallest absolute Gasteiger partial charge is 0.120 e. The van der Waals surface area contributed by atoms with E-state index in [1.54, 1.807) is 6.07 Å². The normalized spacial score (nSPS) is 12.8. The first-order valence-corrected chi connectivity index (χ1v) is 6.45. The van der Waals surface area contributed by atoms with E-state index in [2.05, 4.69) is 20.9 Å². The lowest BCUT2D eigenvalue weighted by molar-refractivity contribution is 0.215. The molecule has 1 unspecified atom stereocenters. The van der Waals surface area contributed by atoms with Crippen LogP contribution >= 0.6 is 27.5 Å². The number of benzene rings is 1. The molecule has 0 radical (unpaired) electrons. The van der Waals surface area contributed by atoms with Crippen LogP contribution in [-0.2, 0) is 0 Å². The third-order valence-corrected chi connectivity index (χ3v) is 3.79. The van der Waals surface area contributed by atoms with Gasteiger partial charge < -0.3 is 10.1 Å². The lowest BCUT2D eigenvalue weighted by Crippen LogP contribution is -2.02. The summed E-state index contributed by atoms with van der Waals surface area (Å²) in [6.07, 6.45) is 1.17.